The van der Waals surface area contributed by atoms with Crippen LogP contribution in [0.15, 0.2) is 60.7 Å². The number of esters is 2. The second-order valence-corrected chi connectivity index (χ2v) is 10.5. The zero-order valence-electron chi connectivity index (χ0n) is 28.9. The highest BCUT2D eigenvalue weighted by Crippen LogP contribution is 2.26. The fourth-order valence-electron chi connectivity index (χ4n) is 4.70. The maximum absolute atomic E-state index is 12.5. The van der Waals surface area contributed by atoms with Gasteiger partial charge in [-0.1, -0.05) is 0 Å². The molecule has 3 heterocycles. The molecule has 0 aliphatic rings. The summed E-state index contributed by atoms with van der Waals surface area (Å²) in [6.07, 6.45) is 0. The van der Waals surface area contributed by atoms with Crippen molar-refractivity contribution in [3.8, 4) is 17.3 Å². The number of ether oxygens (including phenoxy) is 3. The molecule has 0 spiro atoms. The monoisotopic (exact) mass is 731 g/mol. The van der Waals surface area contributed by atoms with Crippen LogP contribution in [0.4, 0.5) is 33.6 Å². The van der Waals surface area contributed by atoms with E-state index in [0.717, 1.165) is 0 Å². The number of benzene rings is 2. The van der Waals surface area contributed by atoms with Gasteiger partial charge in [0.2, 0.25) is 5.88 Å². The molecule has 53 heavy (non-hydrogen) atoms. The fourth-order valence-corrected chi connectivity index (χ4v) is 4.70. The SMILES string of the molecule is CCOC(=O)c1c(N)nn(-c2ccc([N+](=O)[O-])cc2)c1C.CCOC(=O)c1c(NC(=O)Nc2ccc(OC)nn2)nn(-c2ccc([N+](=O)[O-])cc2)c1C. The summed E-state index contributed by atoms with van der Waals surface area (Å²) in [5, 5.41) is 42.4. The van der Waals surface area contributed by atoms with Crippen molar-refractivity contribution in [2.24, 2.45) is 0 Å². The Balaban J connectivity index is 0.000000258. The van der Waals surface area contributed by atoms with Crippen molar-refractivity contribution in [3.63, 3.8) is 0 Å². The van der Waals surface area contributed by atoms with E-state index in [-0.39, 0.29) is 59.0 Å². The second kappa shape index (κ2) is 17.0. The van der Waals surface area contributed by atoms with Gasteiger partial charge < -0.3 is 19.9 Å². The molecule has 0 aliphatic heterocycles. The highest BCUT2D eigenvalue weighted by Gasteiger charge is 2.25. The van der Waals surface area contributed by atoms with Crippen LogP contribution >= 0.6 is 0 Å². The van der Waals surface area contributed by atoms with Crippen LogP contribution < -0.4 is 21.1 Å². The van der Waals surface area contributed by atoms with Crippen LogP contribution in [-0.2, 0) is 9.47 Å². The van der Waals surface area contributed by atoms with E-state index in [1.54, 1.807) is 27.7 Å². The number of nitro groups is 2. The lowest BCUT2D eigenvalue weighted by atomic mass is 10.2. The minimum atomic E-state index is -0.719. The maximum atomic E-state index is 12.5. The maximum Gasteiger partial charge on any atom is 0.343 e. The van der Waals surface area contributed by atoms with Gasteiger partial charge in [0.25, 0.3) is 11.4 Å². The molecular formula is C32H33N11O10. The number of nitro benzene ring substituents is 2. The summed E-state index contributed by atoms with van der Waals surface area (Å²) in [7, 11) is 1.43. The molecule has 0 saturated carbocycles. The summed E-state index contributed by atoms with van der Waals surface area (Å²) < 4.78 is 17.7. The Bertz CT molecular complexity index is 2130. The van der Waals surface area contributed by atoms with Gasteiger partial charge in [-0.2, -0.15) is 0 Å². The predicted molar refractivity (Wildman–Crippen MR) is 187 cm³/mol. The van der Waals surface area contributed by atoms with Gasteiger partial charge in [-0.25, -0.2) is 23.7 Å². The fraction of sp³-hybridized carbons (Fsp3) is 0.219. The molecule has 3 aromatic heterocycles. The third-order valence-corrected chi connectivity index (χ3v) is 7.15. The summed E-state index contributed by atoms with van der Waals surface area (Å²) in [4.78, 5) is 57.3. The number of non-ortho nitro benzene ring substituents is 2. The highest BCUT2D eigenvalue weighted by molar-refractivity contribution is 6.04. The highest BCUT2D eigenvalue weighted by atomic mass is 16.6. The van der Waals surface area contributed by atoms with Gasteiger partial charge in [-0.05, 0) is 58.0 Å². The van der Waals surface area contributed by atoms with Crippen molar-refractivity contribution < 1.29 is 38.4 Å². The van der Waals surface area contributed by atoms with Gasteiger partial charge in [-0.3, -0.25) is 30.9 Å². The summed E-state index contributed by atoms with van der Waals surface area (Å²) in [6, 6.07) is 13.6. The molecule has 5 rings (SSSR count). The first kappa shape index (κ1) is 38.4. The van der Waals surface area contributed by atoms with Crippen LogP contribution in [0.2, 0.25) is 0 Å². The summed E-state index contributed by atoms with van der Waals surface area (Å²) in [5.41, 5.74) is 7.78. The number of hydrogen-bond donors (Lipinski definition) is 3. The van der Waals surface area contributed by atoms with Gasteiger partial charge in [0.15, 0.2) is 17.5 Å². The minimum absolute atomic E-state index is 0.0258. The summed E-state index contributed by atoms with van der Waals surface area (Å²) in [5.74, 6) is -0.800. The molecule has 21 nitrogen and oxygen atoms in total. The first-order chi connectivity index (χ1) is 25.3. The average Bonchev–Trinajstić information content (AvgIpc) is 3.62. The smallest absolute Gasteiger partial charge is 0.343 e. The van der Waals surface area contributed by atoms with Gasteiger partial charge in [0, 0.05) is 30.3 Å². The van der Waals surface area contributed by atoms with Gasteiger partial charge >= 0.3 is 18.0 Å². The molecule has 0 bridgehead atoms. The van der Waals surface area contributed by atoms with Gasteiger partial charge in [0.05, 0.1) is 52.9 Å². The largest absolute Gasteiger partial charge is 0.480 e. The number of hydrogen-bond acceptors (Lipinski definition) is 15. The van der Waals surface area contributed by atoms with Crippen LogP contribution in [0.3, 0.4) is 0 Å². The normalized spacial score (nSPS) is 10.4. The predicted octanol–water partition coefficient (Wildman–Crippen LogP) is 4.56. The number of nitrogens with two attached hydrogens (primary N) is 1. The Kier molecular flexibility index (Phi) is 12.3. The van der Waals surface area contributed by atoms with Crippen molar-refractivity contribution in [2.75, 3.05) is 36.7 Å². The number of nitrogens with zero attached hydrogens (tertiary/aromatic N) is 8. The molecule has 0 aliphatic carbocycles. The number of nitrogen functional groups attached to an aromatic ring is 1. The number of aromatic nitrogens is 6. The van der Waals surface area contributed by atoms with Crippen LogP contribution in [-0.4, -0.2) is 77.9 Å². The molecule has 2 aromatic carbocycles. The molecule has 5 aromatic rings. The third kappa shape index (κ3) is 9.02. The minimum Gasteiger partial charge on any atom is -0.480 e. The number of anilines is 3. The molecule has 4 N–H and O–H groups in total. The number of carbonyl (C=O) groups is 3. The van der Waals surface area contributed by atoms with Crippen molar-refractivity contribution >= 4 is 46.8 Å². The number of rotatable bonds is 11. The van der Waals surface area contributed by atoms with Crippen LogP contribution in [0.1, 0.15) is 46.0 Å². The first-order valence-corrected chi connectivity index (χ1v) is 15.5. The Morgan fingerprint density at radius 3 is 1.68 bits per heavy atom. The lowest BCUT2D eigenvalue weighted by molar-refractivity contribution is -0.385. The van der Waals surface area contributed by atoms with Crippen LogP contribution in [0, 0.1) is 34.1 Å². The standard InChI is InChI=1S/C19H19N7O6.C13H14N4O4/c1-4-32-18(27)16-11(2)25(12-5-7-13(8-6-12)26(29)30)24-17(16)21-19(28)20-14-9-10-15(31-3)23-22-14;1-3-21-13(18)11-8(2)16(15-12(11)14)9-4-6-10(7-5-9)17(19)20/h5-10H,4H2,1-3H3,(H2,20,21,22,24,28);4-7H,3H2,1-2H3,(H2,14,15). The molecule has 2 amide bonds. The van der Waals surface area contributed by atoms with Crippen molar-refractivity contribution in [1.82, 2.24) is 29.8 Å². The van der Waals surface area contributed by atoms with E-state index in [2.05, 4.69) is 31.0 Å². The summed E-state index contributed by atoms with van der Waals surface area (Å²) >= 11 is 0. The van der Waals surface area contributed by atoms with Crippen molar-refractivity contribution in [3.05, 3.63) is 103 Å². The molecule has 0 unspecified atom stereocenters. The van der Waals surface area contributed by atoms with Crippen molar-refractivity contribution in [1.29, 1.82) is 0 Å². The average molecular weight is 732 g/mol. The lowest BCUT2D eigenvalue weighted by Crippen LogP contribution is -2.22. The molecule has 0 radical (unpaired) electrons. The van der Waals surface area contributed by atoms with Gasteiger partial charge in [-0.15, -0.1) is 20.4 Å². The number of nitrogens with one attached hydrogen (secondary N) is 2. The zero-order valence-corrected chi connectivity index (χ0v) is 28.9. The van der Waals surface area contributed by atoms with E-state index < -0.39 is 27.8 Å². The topological polar surface area (TPSA) is 277 Å². The second-order valence-electron chi connectivity index (χ2n) is 10.5. The molecule has 0 saturated heterocycles. The van der Waals surface area contributed by atoms with E-state index in [1.165, 1.54) is 77.1 Å². The Morgan fingerprint density at radius 1 is 0.736 bits per heavy atom. The number of amides is 2. The van der Waals surface area contributed by atoms with Crippen LogP contribution in [0.25, 0.3) is 11.4 Å². The molecule has 0 atom stereocenters. The van der Waals surface area contributed by atoms with E-state index in [1.807, 2.05) is 0 Å². The van der Waals surface area contributed by atoms with E-state index >= 15 is 0 Å². The van der Waals surface area contributed by atoms with Crippen molar-refractivity contribution in [2.45, 2.75) is 27.7 Å². The van der Waals surface area contributed by atoms with E-state index in [4.69, 9.17) is 19.9 Å². The zero-order chi connectivity index (χ0) is 38.8. The molecular weight excluding hydrogens is 698 g/mol. The van der Waals surface area contributed by atoms with E-state index in [0.29, 0.717) is 22.8 Å². The Labute approximate surface area is 300 Å². The number of methoxy groups -OCH3 is 1. The first-order valence-electron chi connectivity index (χ1n) is 15.5. The number of carbonyl (C=O) groups excluding carboxylic acids is 3. The van der Waals surface area contributed by atoms with E-state index in [9.17, 15) is 34.6 Å². The quantitative estimate of drug-likeness (QED) is 0.0954. The molecule has 0 fully saturated rings. The number of urea groups is 1. The van der Waals surface area contributed by atoms with Crippen LogP contribution in [0.5, 0.6) is 5.88 Å². The Morgan fingerprint density at radius 2 is 1.23 bits per heavy atom. The lowest BCUT2D eigenvalue weighted by Gasteiger charge is -2.07. The molecule has 21 heteroatoms. The Hall–Kier alpha value is -7.45. The molecule has 276 valence electrons. The third-order valence-electron chi connectivity index (χ3n) is 7.15. The van der Waals surface area contributed by atoms with Gasteiger partial charge in [0.1, 0.15) is 11.1 Å². The summed E-state index contributed by atoms with van der Waals surface area (Å²) in [6.45, 7) is 6.99.